The highest BCUT2D eigenvalue weighted by Gasteiger charge is 2.38. The Bertz CT molecular complexity index is 689. The second-order valence-corrected chi connectivity index (χ2v) is 7.77. The van der Waals surface area contributed by atoms with Crippen LogP contribution in [0, 0.1) is 0 Å². The van der Waals surface area contributed by atoms with E-state index in [1.54, 1.807) is 16.8 Å². The molecule has 3 rings (SSSR count). The van der Waals surface area contributed by atoms with Gasteiger partial charge in [0, 0.05) is 22.7 Å². The van der Waals surface area contributed by atoms with Crippen molar-refractivity contribution in [3.63, 3.8) is 0 Å². The van der Waals surface area contributed by atoms with Gasteiger partial charge in [0.2, 0.25) is 0 Å². The van der Waals surface area contributed by atoms with E-state index in [0.717, 1.165) is 18.5 Å². The van der Waals surface area contributed by atoms with E-state index in [4.69, 9.17) is 0 Å². The van der Waals surface area contributed by atoms with Crippen molar-refractivity contribution in [2.75, 3.05) is 0 Å². The molecule has 0 atom stereocenters. The second-order valence-electron chi connectivity index (χ2n) is 7.77. The molecule has 1 amide bonds. The quantitative estimate of drug-likeness (QED) is 0.896. The van der Waals surface area contributed by atoms with Crippen LogP contribution in [0.3, 0.4) is 0 Å². The average molecular weight is 328 g/mol. The standard InChI is InChI=1S/C17H24N6O/c1-16(2)9-13(10-17(3,4)20-16)19-15(24)12-5-7-14(8-6-12)23-11-18-21-22-23/h5-8,11,13,20H,9-10H2,1-4H3,(H,19,24). The molecule has 0 aliphatic carbocycles. The van der Waals surface area contributed by atoms with E-state index in [2.05, 4.69) is 53.9 Å². The number of rotatable bonds is 3. The maximum atomic E-state index is 12.6. The zero-order valence-corrected chi connectivity index (χ0v) is 14.6. The van der Waals surface area contributed by atoms with Crippen LogP contribution >= 0.6 is 0 Å². The van der Waals surface area contributed by atoms with Crippen LogP contribution in [0.15, 0.2) is 30.6 Å². The van der Waals surface area contributed by atoms with Crippen molar-refractivity contribution >= 4 is 5.91 Å². The Morgan fingerprint density at radius 2 is 1.79 bits per heavy atom. The first-order valence-corrected chi connectivity index (χ1v) is 8.18. The molecular formula is C17H24N6O. The molecule has 1 aliphatic heterocycles. The van der Waals surface area contributed by atoms with Gasteiger partial charge >= 0.3 is 0 Å². The highest BCUT2D eigenvalue weighted by Crippen LogP contribution is 2.28. The number of hydrogen-bond acceptors (Lipinski definition) is 5. The van der Waals surface area contributed by atoms with Gasteiger partial charge in [-0.15, -0.1) is 5.10 Å². The predicted molar refractivity (Wildman–Crippen MR) is 90.9 cm³/mol. The van der Waals surface area contributed by atoms with Crippen LogP contribution in [0.1, 0.15) is 50.9 Å². The number of tetrazole rings is 1. The van der Waals surface area contributed by atoms with Crippen molar-refractivity contribution in [3.05, 3.63) is 36.2 Å². The van der Waals surface area contributed by atoms with E-state index >= 15 is 0 Å². The Hall–Kier alpha value is -2.28. The van der Waals surface area contributed by atoms with Crippen LogP contribution in [0.25, 0.3) is 5.69 Å². The third-order valence-corrected chi connectivity index (χ3v) is 4.27. The number of aromatic nitrogens is 4. The Morgan fingerprint density at radius 1 is 1.17 bits per heavy atom. The summed E-state index contributed by atoms with van der Waals surface area (Å²) in [5, 5.41) is 17.8. The molecule has 1 aromatic carbocycles. The highest BCUT2D eigenvalue weighted by molar-refractivity contribution is 5.94. The lowest BCUT2D eigenvalue weighted by atomic mass is 9.79. The molecule has 0 unspecified atom stereocenters. The molecule has 128 valence electrons. The molecule has 2 N–H and O–H groups in total. The SMILES string of the molecule is CC1(C)CC(NC(=O)c2ccc(-n3cnnn3)cc2)CC(C)(C)N1. The molecule has 1 fully saturated rings. The van der Waals surface area contributed by atoms with Crippen molar-refractivity contribution in [2.24, 2.45) is 0 Å². The van der Waals surface area contributed by atoms with E-state index in [0.29, 0.717) is 5.56 Å². The topological polar surface area (TPSA) is 84.7 Å². The van der Waals surface area contributed by atoms with Crippen LogP contribution in [0.4, 0.5) is 0 Å². The molecule has 1 aromatic heterocycles. The molecule has 0 saturated carbocycles. The monoisotopic (exact) mass is 328 g/mol. The van der Waals surface area contributed by atoms with Gasteiger partial charge in [0.15, 0.2) is 0 Å². The first kappa shape index (κ1) is 16.6. The molecule has 2 aromatic rings. The minimum atomic E-state index is -0.0447. The van der Waals surface area contributed by atoms with Crippen LogP contribution in [-0.2, 0) is 0 Å². The van der Waals surface area contributed by atoms with E-state index in [1.807, 2.05) is 12.1 Å². The summed E-state index contributed by atoms with van der Waals surface area (Å²) >= 11 is 0. The van der Waals surface area contributed by atoms with Gasteiger partial charge in [0.25, 0.3) is 5.91 Å². The maximum absolute atomic E-state index is 12.6. The number of amides is 1. The number of carbonyl (C=O) groups excluding carboxylic acids is 1. The summed E-state index contributed by atoms with van der Waals surface area (Å²) in [6.45, 7) is 8.70. The van der Waals surface area contributed by atoms with Crippen molar-refractivity contribution in [1.82, 2.24) is 30.8 Å². The number of benzene rings is 1. The van der Waals surface area contributed by atoms with Crippen LogP contribution in [0.5, 0.6) is 0 Å². The third kappa shape index (κ3) is 3.79. The van der Waals surface area contributed by atoms with Crippen molar-refractivity contribution in [1.29, 1.82) is 0 Å². The summed E-state index contributed by atoms with van der Waals surface area (Å²) in [6.07, 6.45) is 3.34. The minimum Gasteiger partial charge on any atom is -0.349 e. The van der Waals surface area contributed by atoms with E-state index < -0.39 is 0 Å². The zero-order chi connectivity index (χ0) is 17.4. The average Bonchev–Trinajstić information content (AvgIpc) is 2.98. The number of carbonyl (C=O) groups is 1. The number of nitrogens with zero attached hydrogens (tertiary/aromatic N) is 4. The largest absolute Gasteiger partial charge is 0.349 e. The van der Waals surface area contributed by atoms with E-state index in [1.165, 1.54) is 6.33 Å². The van der Waals surface area contributed by atoms with E-state index in [-0.39, 0.29) is 23.0 Å². The van der Waals surface area contributed by atoms with Gasteiger partial charge in [0.1, 0.15) is 6.33 Å². The minimum absolute atomic E-state index is 0.00362. The molecule has 0 bridgehead atoms. The predicted octanol–water partition coefficient (Wildman–Crippen LogP) is 1.70. The fourth-order valence-electron chi connectivity index (χ4n) is 3.74. The molecule has 7 heteroatoms. The van der Waals surface area contributed by atoms with Crippen LogP contribution in [0.2, 0.25) is 0 Å². The number of hydrogen-bond donors (Lipinski definition) is 2. The lowest BCUT2D eigenvalue weighted by Crippen LogP contribution is -2.62. The molecule has 7 nitrogen and oxygen atoms in total. The van der Waals surface area contributed by atoms with Crippen LogP contribution in [-0.4, -0.2) is 43.2 Å². The summed E-state index contributed by atoms with van der Waals surface area (Å²) in [4.78, 5) is 12.6. The Balaban J connectivity index is 1.68. The smallest absolute Gasteiger partial charge is 0.251 e. The summed E-state index contributed by atoms with van der Waals surface area (Å²) in [7, 11) is 0. The number of nitrogens with one attached hydrogen (secondary N) is 2. The van der Waals surface area contributed by atoms with Gasteiger partial charge < -0.3 is 10.6 Å². The lowest BCUT2D eigenvalue weighted by Gasteiger charge is -2.46. The molecule has 0 spiro atoms. The van der Waals surface area contributed by atoms with Crippen LogP contribution < -0.4 is 10.6 Å². The van der Waals surface area contributed by atoms with E-state index in [9.17, 15) is 4.79 Å². The fraction of sp³-hybridized carbons (Fsp3) is 0.529. The Labute approximate surface area is 141 Å². The Kier molecular flexibility index (Phi) is 4.13. The third-order valence-electron chi connectivity index (χ3n) is 4.27. The number of piperidine rings is 1. The van der Waals surface area contributed by atoms with Crippen molar-refractivity contribution < 1.29 is 4.79 Å². The molecule has 2 heterocycles. The van der Waals surface area contributed by atoms with Gasteiger partial charge in [-0.25, -0.2) is 4.68 Å². The molecule has 1 aliphatic rings. The van der Waals surface area contributed by atoms with Gasteiger partial charge in [-0.1, -0.05) is 0 Å². The van der Waals surface area contributed by atoms with Gasteiger partial charge in [0.05, 0.1) is 5.69 Å². The fourth-order valence-corrected chi connectivity index (χ4v) is 3.74. The van der Waals surface area contributed by atoms with Gasteiger partial charge in [-0.2, -0.15) is 0 Å². The summed E-state index contributed by atoms with van der Waals surface area (Å²) in [5.74, 6) is -0.0447. The maximum Gasteiger partial charge on any atom is 0.251 e. The summed E-state index contributed by atoms with van der Waals surface area (Å²) < 4.78 is 1.56. The Morgan fingerprint density at radius 3 is 2.33 bits per heavy atom. The normalized spacial score (nSPS) is 19.8. The summed E-state index contributed by atoms with van der Waals surface area (Å²) in [6, 6.07) is 7.42. The lowest BCUT2D eigenvalue weighted by molar-refractivity contribution is 0.0873. The van der Waals surface area contributed by atoms with Gasteiger partial charge in [-0.05, 0) is 75.2 Å². The van der Waals surface area contributed by atoms with Crippen molar-refractivity contribution in [3.8, 4) is 5.69 Å². The molecule has 0 radical (unpaired) electrons. The zero-order valence-electron chi connectivity index (χ0n) is 14.6. The molecular weight excluding hydrogens is 304 g/mol. The second kappa shape index (κ2) is 5.98. The molecule has 24 heavy (non-hydrogen) atoms. The van der Waals surface area contributed by atoms with Gasteiger partial charge in [-0.3, -0.25) is 4.79 Å². The molecule has 1 saturated heterocycles. The van der Waals surface area contributed by atoms with Crippen molar-refractivity contribution in [2.45, 2.75) is 57.7 Å². The summed E-state index contributed by atoms with van der Waals surface area (Å²) in [5.41, 5.74) is 1.47. The first-order valence-electron chi connectivity index (χ1n) is 8.18. The first-order chi connectivity index (χ1) is 11.2. The highest BCUT2D eigenvalue weighted by atomic mass is 16.1.